The van der Waals surface area contributed by atoms with Crippen molar-refractivity contribution in [2.24, 2.45) is 0 Å². The molecule has 0 spiro atoms. The lowest BCUT2D eigenvalue weighted by Crippen LogP contribution is -2.06. The van der Waals surface area contributed by atoms with Crippen LogP contribution in [-0.2, 0) is 0 Å². The van der Waals surface area contributed by atoms with Crippen LogP contribution in [-0.4, -0.2) is 4.75 Å². The highest BCUT2D eigenvalue weighted by Crippen LogP contribution is 2.33. The summed E-state index contributed by atoms with van der Waals surface area (Å²) >= 11 is 5.40. The molecule has 0 aliphatic rings. The first-order valence-electron chi connectivity index (χ1n) is 4.34. The zero-order valence-electron chi connectivity index (χ0n) is 8.52. The highest BCUT2D eigenvalue weighted by atomic mass is 79.9. The Bertz CT molecular complexity index is 299. The third-order valence-corrected chi connectivity index (χ3v) is 3.55. The van der Waals surface area contributed by atoms with Crippen LogP contribution in [0.4, 0.5) is 0 Å². The van der Waals surface area contributed by atoms with Gasteiger partial charge >= 0.3 is 0 Å². The molecule has 0 aromatic heterocycles. The number of aryl methyl sites for hydroxylation is 1. The van der Waals surface area contributed by atoms with Crippen LogP contribution in [0.15, 0.2) is 27.6 Å². The lowest BCUT2D eigenvalue weighted by atomic mass is 10.2. The predicted octanol–water partition coefficient (Wildman–Crippen LogP) is 4.65. The second-order valence-electron chi connectivity index (χ2n) is 4.13. The van der Waals surface area contributed by atoms with E-state index in [9.17, 15) is 0 Å². The number of hydrogen-bond donors (Lipinski definition) is 0. The molecule has 0 heterocycles. The van der Waals surface area contributed by atoms with E-state index >= 15 is 0 Å². The van der Waals surface area contributed by atoms with Gasteiger partial charge in [-0.05, 0) is 30.7 Å². The number of thioether (sulfide) groups is 1. The van der Waals surface area contributed by atoms with Crippen molar-refractivity contribution in [3.8, 4) is 0 Å². The standard InChI is InChI=1S/C11H15BrS/c1-8-7-9(5-6-10(8)12)13-11(2,3)4/h5-7H,1-4H3. The topological polar surface area (TPSA) is 0 Å². The maximum absolute atomic E-state index is 3.50. The van der Waals surface area contributed by atoms with E-state index < -0.39 is 0 Å². The van der Waals surface area contributed by atoms with Gasteiger partial charge in [-0.3, -0.25) is 0 Å². The number of rotatable bonds is 1. The Morgan fingerprint density at radius 1 is 1.23 bits per heavy atom. The summed E-state index contributed by atoms with van der Waals surface area (Å²) < 4.78 is 1.48. The van der Waals surface area contributed by atoms with Crippen LogP contribution < -0.4 is 0 Å². The van der Waals surface area contributed by atoms with Gasteiger partial charge in [0, 0.05) is 14.1 Å². The Morgan fingerprint density at radius 2 is 1.85 bits per heavy atom. The minimum Gasteiger partial charge on any atom is -0.120 e. The fourth-order valence-corrected chi connectivity index (χ4v) is 2.36. The largest absolute Gasteiger partial charge is 0.120 e. The zero-order chi connectivity index (χ0) is 10.1. The second-order valence-corrected chi connectivity index (χ2v) is 6.88. The molecular weight excluding hydrogens is 244 g/mol. The lowest BCUT2D eigenvalue weighted by molar-refractivity contribution is 0.802. The van der Waals surface area contributed by atoms with Gasteiger partial charge in [-0.25, -0.2) is 0 Å². The third kappa shape index (κ3) is 3.74. The molecule has 0 amide bonds. The van der Waals surface area contributed by atoms with Crippen molar-refractivity contribution in [3.05, 3.63) is 28.2 Å². The number of hydrogen-bond acceptors (Lipinski definition) is 1. The van der Waals surface area contributed by atoms with E-state index in [-0.39, 0.29) is 0 Å². The van der Waals surface area contributed by atoms with E-state index in [2.05, 4.69) is 61.8 Å². The van der Waals surface area contributed by atoms with Crippen LogP contribution >= 0.6 is 27.7 Å². The maximum Gasteiger partial charge on any atom is 0.0205 e. The summed E-state index contributed by atoms with van der Waals surface area (Å²) in [7, 11) is 0. The highest BCUT2D eigenvalue weighted by Gasteiger charge is 2.12. The first-order valence-corrected chi connectivity index (χ1v) is 5.94. The van der Waals surface area contributed by atoms with Crippen LogP contribution in [0.2, 0.25) is 0 Å². The van der Waals surface area contributed by atoms with Crippen molar-refractivity contribution in [1.29, 1.82) is 0 Å². The van der Waals surface area contributed by atoms with Gasteiger partial charge in [-0.2, -0.15) is 0 Å². The van der Waals surface area contributed by atoms with E-state index in [1.165, 1.54) is 14.9 Å². The molecule has 0 atom stereocenters. The van der Waals surface area contributed by atoms with E-state index in [0.717, 1.165) is 0 Å². The van der Waals surface area contributed by atoms with Crippen molar-refractivity contribution in [2.45, 2.75) is 37.3 Å². The molecule has 1 aromatic rings. The Labute approximate surface area is 93.2 Å². The van der Waals surface area contributed by atoms with Crippen LogP contribution in [0.5, 0.6) is 0 Å². The molecule has 0 saturated heterocycles. The van der Waals surface area contributed by atoms with Gasteiger partial charge in [0.15, 0.2) is 0 Å². The summed E-state index contributed by atoms with van der Waals surface area (Å²) in [4.78, 5) is 1.34. The molecule has 0 aliphatic carbocycles. The molecular formula is C11H15BrS. The lowest BCUT2D eigenvalue weighted by Gasteiger charge is -2.17. The summed E-state index contributed by atoms with van der Waals surface area (Å²) in [6.07, 6.45) is 0. The average molecular weight is 259 g/mol. The summed E-state index contributed by atoms with van der Waals surface area (Å²) in [5.41, 5.74) is 1.30. The Morgan fingerprint density at radius 3 is 2.31 bits per heavy atom. The van der Waals surface area contributed by atoms with Crippen molar-refractivity contribution in [1.82, 2.24) is 0 Å². The monoisotopic (exact) mass is 258 g/mol. The second kappa shape index (κ2) is 4.05. The molecule has 0 bridgehead atoms. The van der Waals surface area contributed by atoms with Gasteiger partial charge in [-0.15, -0.1) is 11.8 Å². The van der Waals surface area contributed by atoms with Crippen molar-refractivity contribution >= 4 is 27.7 Å². The van der Waals surface area contributed by atoms with E-state index in [1.807, 2.05) is 11.8 Å². The Hall–Kier alpha value is 0.0500. The van der Waals surface area contributed by atoms with Crippen molar-refractivity contribution < 1.29 is 0 Å². The number of halogens is 1. The minimum atomic E-state index is 0.292. The molecule has 0 N–H and O–H groups in total. The van der Waals surface area contributed by atoms with Crippen LogP contribution in [0.25, 0.3) is 0 Å². The van der Waals surface area contributed by atoms with Gasteiger partial charge in [0.05, 0.1) is 0 Å². The van der Waals surface area contributed by atoms with E-state index in [0.29, 0.717) is 4.75 Å². The average Bonchev–Trinajstić information content (AvgIpc) is 1.94. The molecule has 0 unspecified atom stereocenters. The van der Waals surface area contributed by atoms with Crippen molar-refractivity contribution in [2.75, 3.05) is 0 Å². The molecule has 2 heteroatoms. The maximum atomic E-state index is 3.50. The van der Waals surface area contributed by atoms with E-state index in [4.69, 9.17) is 0 Å². The molecule has 0 radical (unpaired) electrons. The van der Waals surface area contributed by atoms with Crippen molar-refractivity contribution in [3.63, 3.8) is 0 Å². The molecule has 0 nitrogen and oxygen atoms in total. The van der Waals surface area contributed by atoms with Crippen LogP contribution in [0, 0.1) is 6.92 Å². The molecule has 0 fully saturated rings. The molecule has 1 aromatic carbocycles. The highest BCUT2D eigenvalue weighted by molar-refractivity contribution is 9.10. The summed E-state index contributed by atoms with van der Waals surface area (Å²) in [5, 5.41) is 0. The summed E-state index contributed by atoms with van der Waals surface area (Å²) in [6, 6.07) is 6.50. The molecule has 0 saturated carbocycles. The van der Waals surface area contributed by atoms with Gasteiger partial charge in [0.25, 0.3) is 0 Å². The molecule has 0 aliphatic heterocycles. The fourth-order valence-electron chi connectivity index (χ4n) is 1.03. The van der Waals surface area contributed by atoms with Gasteiger partial charge in [0.2, 0.25) is 0 Å². The van der Waals surface area contributed by atoms with Gasteiger partial charge < -0.3 is 0 Å². The predicted molar refractivity (Wildman–Crippen MR) is 64.5 cm³/mol. The summed E-state index contributed by atoms with van der Waals surface area (Å²) in [6.45, 7) is 8.82. The normalized spacial score (nSPS) is 11.8. The molecule has 72 valence electrons. The van der Waals surface area contributed by atoms with Crippen LogP contribution in [0.1, 0.15) is 26.3 Å². The van der Waals surface area contributed by atoms with Crippen LogP contribution in [0.3, 0.4) is 0 Å². The quantitative estimate of drug-likeness (QED) is 0.661. The van der Waals surface area contributed by atoms with E-state index in [1.54, 1.807) is 0 Å². The first-order chi connectivity index (χ1) is 5.88. The Balaban J connectivity index is 2.86. The first kappa shape index (κ1) is 11.1. The summed E-state index contributed by atoms with van der Waals surface area (Å²) in [5.74, 6) is 0. The van der Waals surface area contributed by atoms with Gasteiger partial charge in [0.1, 0.15) is 0 Å². The smallest absolute Gasteiger partial charge is 0.0205 e. The fraction of sp³-hybridized carbons (Fsp3) is 0.455. The zero-order valence-corrected chi connectivity index (χ0v) is 10.9. The third-order valence-electron chi connectivity index (χ3n) is 1.55. The van der Waals surface area contributed by atoms with Gasteiger partial charge in [-0.1, -0.05) is 36.7 Å². The Kier molecular flexibility index (Phi) is 3.47. The molecule has 13 heavy (non-hydrogen) atoms. The SMILES string of the molecule is Cc1cc(SC(C)(C)C)ccc1Br. The molecule has 1 rings (SSSR count). The number of benzene rings is 1. The minimum absolute atomic E-state index is 0.292.